The Morgan fingerprint density at radius 3 is 2.03 bits per heavy atom. The fraction of sp³-hybridized carbons (Fsp3) is 0.109. The summed E-state index contributed by atoms with van der Waals surface area (Å²) in [5.74, 6) is -5.21. The van der Waals surface area contributed by atoms with Crippen LogP contribution in [0.2, 0.25) is 10.0 Å². The summed E-state index contributed by atoms with van der Waals surface area (Å²) < 4.78 is 12.5. The van der Waals surface area contributed by atoms with E-state index >= 15 is 0 Å². The Labute approximate surface area is 423 Å². The lowest BCUT2D eigenvalue weighted by atomic mass is 9.88. The smallest absolute Gasteiger partial charge is 0.337 e. The molecule has 7 N–H and O–H groups in total. The van der Waals surface area contributed by atoms with E-state index in [1.165, 1.54) is 60.7 Å². The topological polar surface area (TPSA) is 258 Å². The van der Waals surface area contributed by atoms with Gasteiger partial charge in [0.05, 0.1) is 49.8 Å². The van der Waals surface area contributed by atoms with Crippen LogP contribution in [-0.4, -0.2) is 63.2 Å². The van der Waals surface area contributed by atoms with Gasteiger partial charge in [-0.15, -0.1) is 0 Å². The van der Waals surface area contributed by atoms with Gasteiger partial charge in [0.2, 0.25) is 0 Å². The van der Waals surface area contributed by atoms with Crippen LogP contribution >= 0.6 is 23.2 Å². The third kappa shape index (κ3) is 9.39. The minimum Gasteiger partial charge on any atom is -0.508 e. The van der Waals surface area contributed by atoms with E-state index in [9.17, 15) is 49.2 Å². The Bertz CT molecular complexity index is 3850. The maximum absolute atomic E-state index is 13.8. The molecule has 0 spiro atoms. The Kier molecular flexibility index (Phi) is 13.4. The average molecular weight is 1020 g/mol. The zero-order chi connectivity index (χ0) is 51.8. The van der Waals surface area contributed by atoms with E-state index in [0.717, 1.165) is 11.8 Å². The normalized spacial score (nSPS) is 11.6. The molecule has 0 radical (unpaired) electrons. The lowest BCUT2D eigenvalue weighted by Gasteiger charge is -2.20. The van der Waals surface area contributed by atoms with Crippen LogP contribution in [0.15, 0.2) is 134 Å². The molecule has 366 valence electrons. The van der Waals surface area contributed by atoms with Crippen LogP contribution in [0.4, 0.5) is 5.69 Å². The lowest BCUT2D eigenvalue weighted by molar-refractivity contribution is 0.0682. The van der Waals surface area contributed by atoms with Gasteiger partial charge >= 0.3 is 17.9 Å². The van der Waals surface area contributed by atoms with Gasteiger partial charge in [-0.1, -0.05) is 35.3 Å². The number of phenolic OH excluding ortho intramolecular Hbond substituents is 1. The highest BCUT2D eigenvalue weighted by molar-refractivity contribution is 6.41. The number of nitrogens with zero attached hydrogens (tertiary/aromatic N) is 1. The van der Waals surface area contributed by atoms with E-state index in [2.05, 4.69) is 20.9 Å². The van der Waals surface area contributed by atoms with Gasteiger partial charge in [-0.2, -0.15) is 0 Å². The van der Waals surface area contributed by atoms with Gasteiger partial charge in [0.15, 0.2) is 5.43 Å². The second kappa shape index (κ2) is 20.0. The SMILES string of the molecule is CC/N=c1\ccc2c(-c3c(Cl)cc(C(=O)NCc4ccc(C(=O)NCc5c6oc7cc(O)ccc7c(-c7cc(C(=O)O)ccc7C(=O)O)c-6ccc5=O)cc4)c(Cl)c3C(=O)O)c3ccc(NCC)cc3oc-2c1. The molecule has 0 bridgehead atoms. The minimum absolute atomic E-state index is 0.0161. The van der Waals surface area contributed by atoms with E-state index in [-0.39, 0.29) is 90.3 Å². The Morgan fingerprint density at radius 2 is 1.32 bits per heavy atom. The van der Waals surface area contributed by atoms with Crippen molar-refractivity contribution in [2.75, 3.05) is 18.4 Å². The van der Waals surface area contributed by atoms with Crippen molar-refractivity contribution in [3.63, 3.8) is 0 Å². The number of hydrogen-bond acceptors (Lipinski definition) is 11. The van der Waals surface area contributed by atoms with Crippen LogP contribution in [-0.2, 0) is 13.1 Å². The number of halogens is 2. The molecule has 0 saturated heterocycles. The predicted octanol–water partition coefficient (Wildman–Crippen LogP) is 10.4. The Morgan fingerprint density at radius 1 is 0.616 bits per heavy atom. The number of phenols is 1. The monoisotopic (exact) mass is 1020 g/mol. The number of carbonyl (C=O) groups excluding carboxylic acids is 2. The molecule has 2 amide bonds. The van der Waals surface area contributed by atoms with E-state index in [1.807, 2.05) is 19.9 Å². The van der Waals surface area contributed by atoms with Crippen LogP contribution in [0.3, 0.4) is 0 Å². The summed E-state index contributed by atoms with van der Waals surface area (Å²) in [6.07, 6.45) is 0. The van der Waals surface area contributed by atoms with Gasteiger partial charge in [0.25, 0.3) is 11.8 Å². The summed E-state index contributed by atoms with van der Waals surface area (Å²) in [5.41, 5.74) is 1.96. The number of carbonyl (C=O) groups is 5. The van der Waals surface area contributed by atoms with Gasteiger partial charge in [0, 0.05) is 87.7 Å². The zero-order valence-corrected chi connectivity index (χ0v) is 40.1. The lowest BCUT2D eigenvalue weighted by Crippen LogP contribution is -2.27. The van der Waals surface area contributed by atoms with Gasteiger partial charge in [-0.3, -0.25) is 19.4 Å². The number of aromatic hydroxyl groups is 1. The number of benzene rings is 7. The number of nitrogens with one attached hydrogen (secondary N) is 3. The summed E-state index contributed by atoms with van der Waals surface area (Å²) in [5, 5.41) is 50.8. The third-order valence-corrected chi connectivity index (χ3v) is 12.8. The van der Waals surface area contributed by atoms with Gasteiger partial charge < -0.3 is 45.2 Å². The zero-order valence-electron chi connectivity index (χ0n) is 38.6. The van der Waals surface area contributed by atoms with Crippen molar-refractivity contribution in [2.45, 2.75) is 26.9 Å². The van der Waals surface area contributed by atoms with Gasteiger partial charge in [-0.25, -0.2) is 14.4 Å². The maximum atomic E-state index is 13.8. The molecule has 73 heavy (non-hydrogen) atoms. The van der Waals surface area contributed by atoms with E-state index in [4.69, 9.17) is 32.0 Å². The van der Waals surface area contributed by atoms with Crippen LogP contribution < -0.4 is 26.7 Å². The summed E-state index contributed by atoms with van der Waals surface area (Å²) >= 11 is 13.8. The average Bonchev–Trinajstić information content (AvgIpc) is 3.36. The maximum Gasteiger partial charge on any atom is 0.337 e. The van der Waals surface area contributed by atoms with Crippen molar-refractivity contribution in [3.8, 4) is 50.7 Å². The number of amides is 2. The number of carboxylic acids is 3. The first-order valence-corrected chi connectivity index (χ1v) is 23.3. The molecule has 0 fully saturated rings. The second-order valence-corrected chi connectivity index (χ2v) is 17.4. The highest BCUT2D eigenvalue weighted by Crippen LogP contribution is 2.47. The van der Waals surface area contributed by atoms with Crippen molar-refractivity contribution in [1.29, 1.82) is 0 Å². The Hall–Kier alpha value is -8.99. The number of rotatable bonds is 14. The van der Waals surface area contributed by atoms with Crippen molar-refractivity contribution >= 4 is 80.6 Å². The molecule has 9 rings (SSSR count). The molecule has 5 aromatic rings. The molecule has 0 saturated carbocycles. The molecular weight excluding hydrogens is 980 g/mol. The van der Waals surface area contributed by atoms with Crippen LogP contribution in [0, 0.1) is 0 Å². The predicted molar refractivity (Wildman–Crippen MR) is 274 cm³/mol. The number of anilines is 1. The molecule has 4 aliphatic rings. The number of carboxylic acid groups (broad SMARTS) is 3. The van der Waals surface area contributed by atoms with E-state index in [1.54, 1.807) is 42.5 Å². The number of aromatic carboxylic acids is 3. The molecule has 0 unspecified atom stereocenters. The fourth-order valence-electron chi connectivity index (χ4n) is 8.81. The quantitative estimate of drug-likeness (QED) is 0.0501. The summed E-state index contributed by atoms with van der Waals surface area (Å²) in [6.45, 7) is 4.59. The second-order valence-electron chi connectivity index (χ2n) is 16.7. The van der Waals surface area contributed by atoms with Gasteiger partial charge in [-0.05, 0) is 110 Å². The summed E-state index contributed by atoms with van der Waals surface area (Å²) in [4.78, 5) is 82.8. The molecule has 2 aliphatic carbocycles. The summed E-state index contributed by atoms with van der Waals surface area (Å²) in [7, 11) is 0. The fourth-order valence-corrected chi connectivity index (χ4v) is 9.42. The number of fused-ring (bicyclic) bond motifs is 4. The van der Waals surface area contributed by atoms with Crippen molar-refractivity contribution in [2.24, 2.45) is 4.99 Å². The molecule has 0 aromatic heterocycles. The molecule has 16 nitrogen and oxygen atoms in total. The minimum atomic E-state index is -1.42. The molecule has 2 heterocycles. The van der Waals surface area contributed by atoms with Crippen LogP contribution in [0.1, 0.15) is 76.8 Å². The first-order valence-electron chi connectivity index (χ1n) is 22.5. The van der Waals surface area contributed by atoms with E-state index in [0.29, 0.717) is 57.3 Å². The van der Waals surface area contributed by atoms with Crippen molar-refractivity contribution < 1.29 is 53.2 Å². The Balaban J connectivity index is 0.965. The van der Waals surface area contributed by atoms with Gasteiger partial charge in [0.1, 0.15) is 28.4 Å². The van der Waals surface area contributed by atoms with Crippen LogP contribution in [0.25, 0.3) is 66.8 Å². The third-order valence-electron chi connectivity index (χ3n) is 12.1. The first kappa shape index (κ1) is 49.0. The highest BCUT2D eigenvalue weighted by Gasteiger charge is 2.30. The molecule has 18 heteroatoms. The van der Waals surface area contributed by atoms with Crippen molar-refractivity contribution in [1.82, 2.24) is 10.6 Å². The van der Waals surface area contributed by atoms with E-state index < -0.39 is 40.7 Å². The number of hydrogen-bond donors (Lipinski definition) is 7. The summed E-state index contributed by atoms with van der Waals surface area (Å²) in [6, 6.07) is 28.5. The molecule has 0 atom stereocenters. The standard InChI is InChI=1S/C55H40Cl2N4O12/c1-3-58-29-10-14-34-42(20-29)72-43-21-30(59-4-2)11-15-35(43)46(34)47-40(56)23-38(49(57)48(47)55(70)71)52(65)60-24-26-5-7-27(8-6-26)51(64)61-25-39-41(63)18-17-36-45(33-16-12-31(62)22-44(33)73-50(36)39)37-19-28(53(66)67)9-13-32(37)54(68)69/h5-23,58,62H,3-4,24-25H2,1-2H3,(H,60,65)(H,61,64)(H,66,67)(H,68,69)(H,70,71)/b59-30+. The van der Waals surface area contributed by atoms with Crippen molar-refractivity contribution in [3.05, 3.63) is 180 Å². The molecule has 2 aliphatic heterocycles. The largest absolute Gasteiger partial charge is 0.508 e. The molecular formula is C55H40Cl2N4O12. The first-order chi connectivity index (χ1) is 35.1. The van der Waals surface area contributed by atoms with Crippen LogP contribution in [0.5, 0.6) is 5.75 Å². The molecule has 5 aromatic carbocycles. The highest BCUT2D eigenvalue weighted by atomic mass is 35.5.